The second-order valence-electron chi connectivity index (χ2n) is 7.78. The van der Waals surface area contributed by atoms with Gasteiger partial charge in [-0.3, -0.25) is 9.59 Å². The summed E-state index contributed by atoms with van der Waals surface area (Å²) < 4.78 is 29.9. The maximum atomic E-state index is 12.4. The van der Waals surface area contributed by atoms with E-state index in [0.29, 0.717) is 0 Å². The van der Waals surface area contributed by atoms with E-state index < -0.39 is 30.4 Å². The molecule has 9 heteroatoms. The highest BCUT2D eigenvalue weighted by Gasteiger charge is 2.30. The van der Waals surface area contributed by atoms with Crippen molar-refractivity contribution in [2.24, 2.45) is 0 Å². The van der Waals surface area contributed by atoms with E-state index in [2.05, 4.69) is 10.6 Å². The maximum Gasteiger partial charge on any atom is 0.407 e. The lowest BCUT2D eigenvalue weighted by atomic mass is 9.98. The third kappa shape index (κ3) is 6.50. The smallest absolute Gasteiger partial charge is 0.407 e. The van der Waals surface area contributed by atoms with Gasteiger partial charge in [0.1, 0.15) is 12.6 Å². The summed E-state index contributed by atoms with van der Waals surface area (Å²) in [5, 5.41) is 13.8. The van der Waals surface area contributed by atoms with Crippen molar-refractivity contribution in [1.29, 1.82) is 0 Å². The van der Waals surface area contributed by atoms with E-state index in [1.165, 1.54) is 0 Å². The van der Waals surface area contributed by atoms with E-state index in [4.69, 9.17) is 9.84 Å². The number of carbonyl (C=O) groups excluding carboxylic acids is 2. The van der Waals surface area contributed by atoms with Crippen molar-refractivity contribution in [2.75, 3.05) is 13.2 Å². The molecule has 176 valence electrons. The molecule has 1 unspecified atom stereocenters. The lowest BCUT2D eigenvalue weighted by Gasteiger charge is -2.19. The van der Waals surface area contributed by atoms with Gasteiger partial charge in [0.25, 0.3) is 0 Å². The van der Waals surface area contributed by atoms with E-state index >= 15 is 0 Å². The fourth-order valence-electron chi connectivity index (χ4n) is 3.91. The highest BCUT2D eigenvalue weighted by molar-refractivity contribution is 5.86. The topological polar surface area (TPSA) is 105 Å². The molecule has 0 saturated heterocycles. The number of amides is 2. The highest BCUT2D eigenvalue weighted by Crippen LogP contribution is 2.44. The van der Waals surface area contributed by atoms with Crippen LogP contribution in [0.3, 0.4) is 0 Å². The monoisotopic (exact) mass is 460 g/mol. The molecule has 33 heavy (non-hydrogen) atoms. The van der Waals surface area contributed by atoms with Gasteiger partial charge < -0.3 is 20.5 Å². The van der Waals surface area contributed by atoms with Crippen LogP contribution in [0.5, 0.6) is 0 Å². The number of ether oxygens (including phenoxy) is 1. The summed E-state index contributed by atoms with van der Waals surface area (Å²) in [5.41, 5.74) is 4.21. The molecule has 7 nitrogen and oxygen atoms in total. The Morgan fingerprint density at radius 1 is 0.970 bits per heavy atom. The van der Waals surface area contributed by atoms with Crippen LogP contribution < -0.4 is 10.6 Å². The third-order valence-electron chi connectivity index (χ3n) is 5.50. The van der Waals surface area contributed by atoms with E-state index in [1.54, 1.807) is 0 Å². The molecule has 0 heterocycles. The fraction of sp³-hybridized carbons (Fsp3) is 0.375. The quantitative estimate of drug-likeness (QED) is 0.441. The molecule has 2 amide bonds. The lowest BCUT2D eigenvalue weighted by Crippen LogP contribution is -2.47. The number of carbonyl (C=O) groups is 3. The largest absolute Gasteiger partial charge is 0.481 e. The van der Waals surface area contributed by atoms with Gasteiger partial charge in [-0.05, 0) is 35.1 Å². The van der Waals surface area contributed by atoms with Crippen LogP contribution in [0.25, 0.3) is 11.1 Å². The van der Waals surface area contributed by atoms with Gasteiger partial charge in [0.2, 0.25) is 12.3 Å². The minimum Gasteiger partial charge on any atom is -0.481 e. The molecule has 0 aliphatic heterocycles. The molecule has 1 aliphatic rings. The van der Waals surface area contributed by atoms with Crippen molar-refractivity contribution in [2.45, 2.75) is 44.1 Å². The summed E-state index contributed by atoms with van der Waals surface area (Å²) in [6.45, 7) is 0.0423. The van der Waals surface area contributed by atoms with Crippen LogP contribution >= 0.6 is 0 Å². The Balaban J connectivity index is 1.59. The average Bonchev–Trinajstić information content (AvgIpc) is 3.11. The third-order valence-corrected chi connectivity index (χ3v) is 5.50. The Labute approximate surface area is 190 Å². The number of fused-ring (bicyclic) bond motifs is 3. The highest BCUT2D eigenvalue weighted by atomic mass is 19.3. The second kappa shape index (κ2) is 11.4. The number of halogens is 2. The normalized spacial score (nSPS) is 13.2. The summed E-state index contributed by atoms with van der Waals surface area (Å²) in [6, 6.07) is 14.5. The number of alkyl carbamates (subject to hydrolysis) is 1. The fourth-order valence-corrected chi connectivity index (χ4v) is 3.91. The maximum absolute atomic E-state index is 12.4. The Bertz CT molecular complexity index is 953. The minimum atomic E-state index is -2.47. The molecule has 0 aromatic heterocycles. The van der Waals surface area contributed by atoms with Crippen molar-refractivity contribution in [3.63, 3.8) is 0 Å². The zero-order valence-corrected chi connectivity index (χ0v) is 17.9. The Kier molecular flexibility index (Phi) is 8.34. The Morgan fingerprint density at radius 2 is 1.58 bits per heavy atom. The summed E-state index contributed by atoms with van der Waals surface area (Å²) in [4.78, 5) is 35.7. The SMILES string of the molecule is O=C(O)CCC(NC(=O)OCC1c2ccccc2-c2ccccc21)C(=O)NCCCC(F)F. The van der Waals surface area contributed by atoms with Crippen LogP contribution in [0.1, 0.15) is 42.7 Å². The van der Waals surface area contributed by atoms with Crippen molar-refractivity contribution < 1.29 is 33.0 Å². The van der Waals surface area contributed by atoms with Crippen molar-refractivity contribution in [3.8, 4) is 11.1 Å². The first-order valence-corrected chi connectivity index (χ1v) is 10.8. The molecule has 1 aliphatic carbocycles. The van der Waals surface area contributed by atoms with Gasteiger partial charge in [0.15, 0.2) is 0 Å². The molecule has 0 saturated carbocycles. The van der Waals surface area contributed by atoms with Crippen molar-refractivity contribution in [1.82, 2.24) is 10.6 Å². The Hall–Kier alpha value is -3.49. The van der Waals surface area contributed by atoms with E-state index in [-0.39, 0.29) is 44.8 Å². The number of carboxylic acids is 1. The molecule has 0 fully saturated rings. The van der Waals surface area contributed by atoms with E-state index in [0.717, 1.165) is 22.3 Å². The van der Waals surface area contributed by atoms with Gasteiger partial charge in [-0.15, -0.1) is 0 Å². The van der Waals surface area contributed by atoms with Gasteiger partial charge in [0.05, 0.1) is 0 Å². The first-order valence-electron chi connectivity index (χ1n) is 10.8. The number of benzene rings is 2. The molecule has 2 aromatic carbocycles. The van der Waals surface area contributed by atoms with Crippen molar-refractivity contribution >= 4 is 18.0 Å². The molecule has 0 bridgehead atoms. The summed E-state index contributed by atoms with van der Waals surface area (Å²) in [7, 11) is 0. The van der Waals surface area contributed by atoms with Crippen LogP contribution in [0, 0.1) is 0 Å². The number of aliphatic carboxylic acids is 1. The van der Waals surface area contributed by atoms with Crippen LogP contribution in [-0.2, 0) is 14.3 Å². The first kappa shape index (κ1) is 24.2. The van der Waals surface area contributed by atoms with E-state index in [1.807, 2.05) is 48.5 Å². The molecular weight excluding hydrogens is 434 g/mol. The van der Waals surface area contributed by atoms with Gasteiger partial charge in [-0.1, -0.05) is 48.5 Å². The average molecular weight is 460 g/mol. The lowest BCUT2D eigenvalue weighted by molar-refractivity contribution is -0.137. The first-order chi connectivity index (χ1) is 15.9. The van der Waals surface area contributed by atoms with E-state index in [9.17, 15) is 23.2 Å². The summed E-state index contributed by atoms with van der Waals surface area (Å²) >= 11 is 0. The zero-order valence-electron chi connectivity index (χ0n) is 17.9. The zero-order chi connectivity index (χ0) is 23.8. The molecule has 2 aromatic rings. The number of hydrogen-bond donors (Lipinski definition) is 3. The number of alkyl halides is 2. The standard InChI is InChI=1S/C24H26F2N2O5/c25-21(26)10-5-13-27-23(31)20(11-12-22(29)30)28-24(32)33-14-19-17-8-3-1-6-15(17)16-7-2-4-9-18(16)19/h1-4,6-9,19-21H,5,10-14H2,(H,27,31)(H,28,32)(H,29,30). The number of rotatable bonds is 11. The van der Waals surface area contributed by atoms with Gasteiger partial charge in [-0.2, -0.15) is 0 Å². The predicted octanol–water partition coefficient (Wildman–Crippen LogP) is 3.92. The van der Waals surface area contributed by atoms with Crippen LogP contribution in [0.2, 0.25) is 0 Å². The predicted molar refractivity (Wildman–Crippen MR) is 117 cm³/mol. The number of hydrogen-bond acceptors (Lipinski definition) is 4. The van der Waals surface area contributed by atoms with Gasteiger partial charge in [-0.25, -0.2) is 13.6 Å². The number of nitrogens with one attached hydrogen (secondary N) is 2. The molecule has 1 atom stereocenters. The second-order valence-corrected chi connectivity index (χ2v) is 7.78. The molecule has 3 N–H and O–H groups in total. The molecule has 0 radical (unpaired) electrons. The van der Waals surface area contributed by atoms with Crippen LogP contribution in [0.15, 0.2) is 48.5 Å². The van der Waals surface area contributed by atoms with Crippen molar-refractivity contribution in [3.05, 3.63) is 59.7 Å². The summed E-state index contributed by atoms with van der Waals surface area (Å²) in [6.07, 6.45) is -4.11. The summed E-state index contributed by atoms with van der Waals surface area (Å²) in [5.74, 6) is -1.93. The van der Waals surface area contributed by atoms with Gasteiger partial charge >= 0.3 is 12.1 Å². The molecule has 0 spiro atoms. The van der Waals surface area contributed by atoms with Gasteiger partial charge in [0, 0.05) is 25.3 Å². The van der Waals surface area contributed by atoms with Crippen LogP contribution in [-0.4, -0.2) is 48.7 Å². The molecular formula is C24H26F2N2O5. The molecule has 3 rings (SSSR count). The Morgan fingerprint density at radius 3 is 2.15 bits per heavy atom. The number of carboxylic acid groups (broad SMARTS) is 1. The van der Waals surface area contributed by atoms with Crippen LogP contribution in [0.4, 0.5) is 13.6 Å². The minimum absolute atomic E-state index is 0.000878.